The van der Waals surface area contributed by atoms with Crippen molar-refractivity contribution in [1.29, 1.82) is 0 Å². The lowest BCUT2D eigenvalue weighted by Gasteiger charge is -2.07. The molecule has 1 aromatic carbocycles. The molecule has 80 valence electrons. The third-order valence-electron chi connectivity index (χ3n) is 1.89. The summed E-state index contributed by atoms with van der Waals surface area (Å²) in [4.78, 5) is 10.9. The fourth-order valence-corrected chi connectivity index (χ4v) is 1.30. The lowest BCUT2D eigenvalue weighted by molar-refractivity contribution is -0.116. The minimum Gasteiger partial charge on any atom is -0.366 e. The molecule has 2 N–H and O–H groups in total. The van der Waals surface area contributed by atoms with E-state index in [1.54, 1.807) is 14.0 Å². The topological polar surface area (TPSA) is 41.1 Å². The first-order valence-corrected chi connectivity index (χ1v) is 5.09. The Morgan fingerprint density at radius 3 is 2.40 bits per heavy atom. The molecule has 0 saturated heterocycles. The van der Waals surface area contributed by atoms with Crippen molar-refractivity contribution >= 4 is 28.8 Å². The van der Waals surface area contributed by atoms with E-state index in [9.17, 15) is 4.79 Å². The largest absolute Gasteiger partial charge is 0.366 e. The Bertz CT molecular complexity index is 359. The van der Waals surface area contributed by atoms with E-state index in [2.05, 4.69) is 10.6 Å². The van der Waals surface area contributed by atoms with Crippen LogP contribution in [0.2, 0.25) is 0 Å². The smallest absolute Gasteiger partial charge is 0.170 e. The quantitative estimate of drug-likeness (QED) is 0.764. The molecule has 3 nitrogen and oxygen atoms in total. The predicted molar refractivity (Wildman–Crippen MR) is 66.1 cm³/mol. The summed E-state index contributed by atoms with van der Waals surface area (Å²) >= 11 is 4.96. The summed E-state index contributed by atoms with van der Waals surface area (Å²) in [5, 5.41) is 6.41. The number of nitrogens with one attached hydrogen (secondary N) is 2. The molecule has 0 fully saturated rings. The van der Waals surface area contributed by atoms with Gasteiger partial charge in [0, 0.05) is 19.2 Å². The van der Waals surface area contributed by atoms with Gasteiger partial charge in [-0.3, -0.25) is 4.79 Å². The van der Waals surface area contributed by atoms with E-state index < -0.39 is 0 Å². The Morgan fingerprint density at radius 1 is 1.33 bits per heavy atom. The molecule has 1 aromatic rings. The van der Waals surface area contributed by atoms with Gasteiger partial charge in [-0.2, -0.15) is 0 Å². The number of hydrogen-bond acceptors (Lipinski definition) is 2. The van der Waals surface area contributed by atoms with Crippen molar-refractivity contribution in [3.8, 4) is 0 Å². The van der Waals surface area contributed by atoms with E-state index in [4.69, 9.17) is 12.2 Å². The lowest BCUT2D eigenvalue weighted by Crippen LogP contribution is -2.24. The summed E-state index contributed by atoms with van der Waals surface area (Å²) in [6, 6.07) is 7.65. The maximum Gasteiger partial charge on any atom is 0.170 e. The SMILES string of the molecule is CNC(=S)Nc1ccc(CC(C)=O)cc1. The van der Waals surface area contributed by atoms with Crippen molar-refractivity contribution in [1.82, 2.24) is 5.32 Å². The van der Waals surface area contributed by atoms with E-state index in [1.807, 2.05) is 24.3 Å². The summed E-state index contributed by atoms with van der Waals surface area (Å²) in [6.45, 7) is 1.59. The van der Waals surface area contributed by atoms with E-state index in [-0.39, 0.29) is 5.78 Å². The second-order valence-electron chi connectivity index (χ2n) is 3.28. The predicted octanol–water partition coefficient (Wildman–Crippen LogP) is 1.73. The van der Waals surface area contributed by atoms with Crippen LogP contribution >= 0.6 is 12.2 Å². The van der Waals surface area contributed by atoms with Gasteiger partial charge in [0.15, 0.2) is 5.11 Å². The van der Waals surface area contributed by atoms with Gasteiger partial charge in [-0.1, -0.05) is 12.1 Å². The van der Waals surface area contributed by atoms with Gasteiger partial charge < -0.3 is 10.6 Å². The molecule has 0 radical (unpaired) electrons. The van der Waals surface area contributed by atoms with Gasteiger partial charge in [0.25, 0.3) is 0 Å². The highest BCUT2D eigenvalue weighted by Crippen LogP contribution is 2.10. The molecular weight excluding hydrogens is 208 g/mol. The third kappa shape index (κ3) is 4.08. The third-order valence-corrected chi connectivity index (χ3v) is 2.20. The highest BCUT2D eigenvalue weighted by Gasteiger charge is 1.98. The Labute approximate surface area is 94.9 Å². The average Bonchev–Trinajstić information content (AvgIpc) is 2.20. The molecule has 0 aromatic heterocycles. The lowest BCUT2D eigenvalue weighted by atomic mass is 10.1. The number of carbonyl (C=O) groups is 1. The first-order chi connectivity index (χ1) is 7.11. The van der Waals surface area contributed by atoms with Gasteiger partial charge in [-0.15, -0.1) is 0 Å². The van der Waals surface area contributed by atoms with E-state index in [1.165, 1.54) is 0 Å². The molecule has 0 bridgehead atoms. The molecule has 0 amide bonds. The number of anilines is 1. The molecule has 0 aliphatic rings. The average molecular weight is 222 g/mol. The first kappa shape index (κ1) is 11.7. The maximum atomic E-state index is 10.9. The molecule has 1 rings (SSSR count). The Morgan fingerprint density at radius 2 is 1.93 bits per heavy atom. The van der Waals surface area contributed by atoms with Crippen molar-refractivity contribution in [2.75, 3.05) is 12.4 Å². The van der Waals surface area contributed by atoms with Gasteiger partial charge in [0.1, 0.15) is 5.78 Å². The monoisotopic (exact) mass is 222 g/mol. The van der Waals surface area contributed by atoms with Gasteiger partial charge in [0.05, 0.1) is 0 Å². The number of carbonyl (C=O) groups excluding carboxylic acids is 1. The van der Waals surface area contributed by atoms with Crippen LogP contribution in [0.5, 0.6) is 0 Å². The molecular formula is C11H14N2OS. The zero-order valence-electron chi connectivity index (χ0n) is 8.83. The fourth-order valence-electron chi connectivity index (χ4n) is 1.19. The zero-order chi connectivity index (χ0) is 11.3. The summed E-state index contributed by atoms with van der Waals surface area (Å²) in [6.07, 6.45) is 0.483. The van der Waals surface area contributed by atoms with Crippen LogP contribution < -0.4 is 10.6 Å². The molecule has 15 heavy (non-hydrogen) atoms. The molecule has 0 spiro atoms. The molecule has 4 heteroatoms. The van der Waals surface area contributed by atoms with E-state index in [0.29, 0.717) is 11.5 Å². The van der Waals surface area contributed by atoms with E-state index in [0.717, 1.165) is 11.3 Å². The number of rotatable bonds is 3. The maximum absolute atomic E-state index is 10.9. The van der Waals surface area contributed by atoms with Crippen LogP contribution in [-0.2, 0) is 11.2 Å². The van der Waals surface area contributed by atoms with Gasteiger partial charge in [-0.25, -0.2) is 0 Å². The van der Waals surface area contributed by atoms with Crippen LogP contribution in [0.25, 0.3) is 0 Å². The van der Waals surface area contributed by atoms with E-state index >= 15 is 0 Å². The van der Waals surface area contributed by atoms with Gasteiger partial charge in [0.2, 0.25) is 0 Å². The highest BCUT2D eigenvalue weighted by atomic mass is 32.1. The molecule has 0 unspecified atom stereocenters. The van der Waals surface area contributed by atoms with Crippen LogP contribution in [0, 0.1) is 0 Å². The number of benzene rings is 1. The van der Waals surface area contributed by atoms with Crippen LogP contribution in [-0.4, -0.2) is 17.9 Å². The Kier molecular flexibility index (Phi) is 4.24. The Hall–Kier alpha value is -1.42. The highest BCUT2D eigenvalue weighted by molar-refractivity contribution is 7.80. The summed E-state index contributed by atoms with van der Waals surface area (Å²) in [5.74, 6) is 0.168. The molecule has 0 saturated carbocycles. The minimum atomic E-state index is 0.168. The number of Topliss-reactive ketones (excluding diaryl/α,β-unsaturated/α-hetero) is 1. The summed E-state index contributed by atoms with van der Waals surface area (Å²) in [5.41, 5.74) is 1.94. The van der Waals surface area contributed by atoms with Crippen molar-refractivity contribution in [2.45, 2.75) is 13.3 Å². The van der Waals surface area contributed by atoms with Crippen LogP contribution in [0.3, 0.4) is 0 Å². The van der Waals surface area contributed by atoms with Crippen LogP contribution in [0.1, 0.15) is 12.5 Å². The van der Waals surface area contributed by atoms with Crippen molar-refractivity contribution in [2.24, 2.45) is 0 Å². The zero-order valence-corrected chi connectivity index (χ0v) is 9.65. The summed E-state index contributed by atoms with van der Waals surface area (Å²) < 4.78 is 0. The minimum absolute atomic E-state index is 0.168. The van der Waals surface area contributed by atoms with Crippen molar-refractivity contribution in [3.63, 3.8) is 0 Å². The number of ketones is 1. The first-order valence-electron chi connectivity index (χ1n) is 4.69. The van der Waals surface area contributed by atoms with Crippen LogP contribution in [0.4, 0.5) is 5.69 Å². The second kappa shape index (κ2) is 5.46. The molecule has 0 aliphatic heterocycles. The second-order valence-corrected chi connectivity index (χ2v) is 3.69. The normalized spacial score (nSPS) is 9.47. The fraction of sp³-hybridized carbons (Fsp3) is 0.273. The number of hydrogen-bond donors (Lipinski definition) is 2. The molecule has 0 aliphatic carbocycles. The van der Waals surface area contributed by atoms with Gasteiger partial charge in [-0.05, 0) is 36.8 Å². The standard InChI is InChI=1S/C11H14N2OS/c1-8(14)7-9-3-5-10(6-4-9)13-11(15)12-2/h3-6H,7H2,1-2H3,(H2,12,13,15). The summed E-state index contributed by atoms with van der Waals surface area (Å²) in [7, 11) is 1.76. The van der Waals surface area contributed by atoms with Crippen molar-refractivity contribution in [3.05, 3.63) is 29.8 Å². The Balaban J connectivity index is 2.64. The van der Waals surface area contributed by atoms with Crippen LogP contribution in [0.15, 0.2) is 24.3 Å². The molecule has 0 atom stereocenters. The van der Waals surface area contributed by atoms with Gasteiger partial charge >= 0.3 is 0 Å². The van der Waals surface area contributed by atoms with Crippen molar-refractivity contribution < 1.29 is 4.79 Å². The number of thiocarbonyl (C=S) groups is 1. The molecule has 0 heterocycles.